The third kappa shape index (κ3) is 1.81. The van der Waals surface area contributed by atoms with E-state index in [2.05, 4.69) is 15.3 Å². The number of hydrogen-bond acceptors (Lipinski definition) is 3. The normalized spacial score (nSPS) is 22.6. The molecule has 2 heterocycles. The average Bonchev–Trinajstić information content (AvgIpc) is 2.71. The zero-order valence-corrected chi connectivity index (χ0v) is 9.24. The smallest absolute Gasteiger partial charge is 0.185 e. The highest BCUT2D eigenvalue weighted by atomic mass is 35.5. The number of nitrogens with zero attached hydrogens (tertiary/aromatic N) is 2. The quantitative estimate of drug-likeness (QED) is 0.707. The third-order valence-electron chi connectivity index (χ3n) is 2.41. The van der Waals surface area contributed by atoms with Crippen LogP contribution in [-0.4, -0.2) is 23.5 Å². The van der Waals surface area contributed by atoms with Crippen LogP contribution < -0.4 is 4.90 Å². The molecule has 0 amide bonds. The molecule has 4 heteroatoms. The van der Waals surface area contributed by atoms with E-state index in [0.29, 0.717) is 6.04 Å². The van der Waals surface area contributed by atoms with E-state index in [1.54, 1.807) is 11.3 Å². The molecule has 0 bridgehead atoms. The van der Waals surface area contributed by atoms with Crippen LogP contribution in [0.1, 0.15) is 18.5 Å². The van der Waals surface area contributed by atoms with Gasteiger partial charge in [-0.1, -0.05) is 0 Å². The van der Waals surface area contributed by atoms with E-state index >= 15 is 0 Å². The Kier molecular flexibility index (Phi) is 2.74. The van der Waals surface area contributed by atoms with Crippen molar-refractivity contribution in [3.63, 3.8) is 0 Å². The molecule has 1 aromatic heterocycles. The fraction of sp³-hybridized carbons (Fsp3) is 0.667. The second-order valence-electron chi connectivity index (χ2n) is 3.42. The van der Waals surface area contributed by atoms with Crippen molar-refractivity contribution in [2.45, 2.75) is 25.8 Å². The summed E-state index contributed by atoms with van der Waals surface area (Å²) in [6, 6.07) is 0.507. The van der Waals surface area contributed by atoms with Crippen LogP contribution in [0.3, 0.4) is 0 Å². The predicted octanol–water partition coefficient (Wildman–Crippen LogP) is 2.66. The Morgan fingerprint density at radius 2 is 2.62 bits per heavy atom. The van der Waals surface area contributed by atoms with Crippen molar-refractivity contribution < 1.29 is 0 Å². The molecule has 0 aromatic carbocycles. The van der Waals surface area contributed by atoms with Crippen LogP contribution in [0.15, 0.2) is 5.38 Å². The zero-order chi connectivity index (χ0) is 9.26. The van der Waals surface area contributed by atoms with Gasteiger partial charge < -0.3 is 4.90 Å². The molecule has 2 rings (SSSR count). The summed E-state index contributed by atoms with van der Waals surface area (Å²) in [5.41, 5.74) is 1.11. The van der Waals surface area contributed by atoms with E-state index in [4.69, 9.17) is 11.6 Å². The highest BCUT2D eigenvalue weighted by Crippen LogP contribution is 2.28. The molecule has 1 unspecified atom stereocenters. The van der Waals surface area contributed by atoms with Gasteiger partial charge in [0.1, 0.15) is 0 Å². The maximum absolute atomic E-state index is 5.89. The lowest BCUT2D eigenvalue weighted by Crippen LogP contribution is -2.30. The zero-order valence-electron chi connectivity index (χ0n) is 7.66. The van der Waals surface area contributed by atoms with Gasteiger partial charge in [0.15, 0.2) is 5.13 Å². The van der Waals surface area contributed by atoms with Gasteiger partial charge in [-0.15, -0.1) is 22.9 Å². The SMILES string of the molecule is Cc1csc(N2CCCC2CCl)n1. The van der Waals surface area contributed by atoms with Gasteiger partial charge in [-0.05, 0) is 19.8 Å². The van der Waals surface area contributed by atoms with Crippen molar-refractivity contribution in [3.05, 3.63) is 11.1 Å². The molecule has 0 spiro atoms. The second-order valence-corrected chi connectivity index (χ2v) is 4.56. The molecule has 2 nitrogen and oxygen atoms in total. The van der Waals surface area contributed by atoms with Crippen LogP contribution in [0.4, 0.5) is 5.13 Å². The van der Waals surface area contributed by atoms with E-state index in [9.17, 15) is 0 Å². The van der Waals surface area contributed by atoms with Gasteiger partial charge in [0.2, 0.25) is 0 Å². The monoisotopic (exact) mass is 216 g/mol. The lowest BCUT2D eigenvalue weighted by atomic mass is 10.2. The maximum atomic E-state index is 5.89. The Balaban J connectivity index is 2.15. The van der Waals surface area contributed by atoms with Crippen LogP contribution in [0.25, 0.3) is 0 Å². The van der Waals surface area contributed by atoms with E-state index < -0.39 is 0 Å². The average molecular weight is 217 g/mol. The Hall–Kier alpha value is -0.280. The molecule has 1 aliphatic rings. The number of hydrogen-bond donors (Lipinski definition) is 0. The van der Waals surface area contributed by atoms with Crippen molar-refractivity contribution in [1.82, 2.24) is 4.98 Å². The molecule has 13 heavy (non-hydrogen) atoms. The van der Waals surface area contributed by atoms with E-state index in [0.717, 1.165) is 23.3 Å². The van der Waals surface area contributed by atoms with Crippen molar-refractivity contribution in [1.29, 1.82) is 0 Å². The summed E-state index contributed by atoms with van der Waals surface area (Å²) in [7, 11) is 0. The molecular formula is C9H13ClN2S. The first kappa shape index (κ1) is 9.28. The summed E-state index contributed by atoms with van der Waals surface area (Å²) < 4.78 is 0. The minimum Gasteiger partial charge on any atom is -0.344 e. The van der Waals surface area contributed by atoms with Crippen molar-refractivity contribution in [2.24, 2.45) is 0 Å². The molecule has 0 aliphatic carbocycles. The molecule has 1 atom stereocenters. The fourth-order valence-corrected chi connectivity index (χ4v) is 2.94. The molecule has 0 radical (unpaired) electrons. The van der Waals surface area contributed by atoms with Gasteiger partial charge >= 0.3 is 0 Å². The summed E-state index contributed by atoms with van der Waals surface area (Å²) in [6.45, 7) is 3.15. The predicted molar refractivity (Wildman–Crippen MR) is 57.9 cm³/mol. The van der Waals surface area contributed by atoms with E-state index in [1.165, 1.54) is 12.8 Å². The Morgan fingerprint density at radius 1 is 1.77 bits per heavy atom. The van der Waals surface area contributed by atoms with E-state index in [-0.39, 0.29) is 0 Å². The number of aryl methyl sites for hydroxylation is 1. The molecule has 1 aliphatic heterocycles. The van der Waals surface area contributed by atoms with Crippen molar-refractivity contribution >= 4 is 28.1 Å². The summed E-state index contributed by atoms with van der Waals surface area (Å²) in [5, 5.41) is 3.24. The molecule has 72 valence electrons. The van der Waals surface area contributed by atoms with Crippen LogP contribution in [0.2, 0.25) is 0 Å². The lowest BCUT2D eigenvalue weighted by Gasteiger charge is -2.21. The summed E-state index contributed by atoms with van der Waals surface area (Å²) in [4.78, 5) is 6.81. The summed E-state index contributed by atoms with van der Waals surface area (Å²) in [6.07, 6.45) is 2.46. The van der Waals surface area contributed by atoms with Gasteiger partial charge in [0.05, 0.1) is 5.69 Å². The number of halogens is 1. The molecule has 1 fully saturated rings. The van der Waals surface area contributed by atoms with Crippen LogP contribution in [-0.2, 0) is 0 Å². The van der Waals surface area contributed by atoms with Crippen molar-refractivity contribution in [3.8, 4) is 0 Å². The highest BCUT2D eigenvalue weighted by Gasteiger charge is 2.25. The summed E-state index contributed by atoms with van der Waals surface area (Å²) >= 11 is 7.62. The molecule has 0 saturated carbocycles. The standard InChI is InChI=1S/C9H13ClN2S/c1-7-6-13-9(11-7)12-4-2-3-8(12)5-10/h6,8H,2-5H2,1H3. The second kappa shape index (κ2) is 3.84. The van der Waals surface area contributed by atoms with Gasteiger partial charge in [-0.25, -0.2) is 4.98 Å². The first-order valence-electron chi connectivity index (χ1n) is 4.56. The van der Waals surface area contributed by atoms with Gasteiger partial charge in [-0.2, -0.15) is 0 Å². The lowest BCUT2D eigenvalue weighted by molar-refractivity contribution is 0.739. The van der Waals surface area contributed by atoms with Crippen LogP contribution in [0, 0.1) is 6.92 Å². The fourth-order valence-electron chi connectivity index (χ4n) is 1.72. The largest absolute Gasteiger partial charge is 0.344 e. The molecular weight excluding hydrogens is 204 g/mol. The first-order chi connectivity index (χ1) is 6.31. The topological polar surface area (TPSA) is 16.1 Å². The molecule has 0 N–H and O–H groups in total. The number of rotatable bonds is 2. The van der Waals surface area contributed by atoms with Gasteiger partial charge in [-0.3, -0.25) is 0 Å². The number of aromatic nitrogens is 1. The summed E-state index contributed by atoms with van der Waals surface area (Å²) in [5.74, 6) is 0.721. The highest BCUT2D eigenvalue weighted by molar-refractivity contribution is 7.13. The van der Waals surface area contributed by atoms with Crippen LogP contribution >= 0.6 is 22.9 Å². The minimum absolute atomic E-state index is 0.507. The Labute approximate surface area is 87.5 Å². The van der Waals surface area contributed by atoms with E-state index in [1.807, 2.05) is 6.92 Å². The minimum atomic E-state index is 0.507. The van der Waals surface area contributed by atoms with Gasteiger partial charge in [0.25, 0.3) is 0 Å². The Morgan fingerprint density at radius 3 is 3.23 bits per heavy atom. The molecule has 1 saturated heterocycles. The molecule has 1 aromatic rings. The maximum Gasteiger partial charge on any atom is 0.185 e. The third-order valence-corrected chi connectivity index (χ3v) is 3.76. The van der Waals surface area contributed by atoms with Gasteiger partial charge in [0, 0.05) is 23.8 Å². The van der Waals surface area contributed by atoms with Crippen molar-refractivity contribution in [2.75, 3.05) is 17.3 Å². The Bertz CT molecular complexity index is 287. The van der Waals surface area contributed by atoms with Crippen LogP contribution in [0.5, 0.6) is 0 Å². The first-order valence-corrected chi connectivity index (χ1v) is 5.97. The number of alkyl halides is 1. The number of anilines is 1. The number of thiazole rings is 1.